The molecule has 0 saturated carbocycles. The number of halogens is 1. The number of carboxylic acids is 1. The van der Waals surface area contributed by atoms with Crippen molar-refractivity contribution in [2.45, 2.75) is 17.4 Å². The number of carboxylic acid groups (broad SMARTS) is 1. The number of hydrogen-bond acceptors (Lipinski definition) is 5. The summed E-state index contributed by atoms with van der Waals surface area (Å²) in [5.74, 6) is -1.15. The Bertz CT molecular complexity index is 929. The average Bonchev–Trinajstić information content (AvgIpc) is 2.64. The standard InChI is InChI=1S/C18H18FNO6S/c19-13-1-4-15(5-2-13)27(23,24)20-10-17-16-6-3-14(26-11-18(21)22)9-12(16)7-8-25-17/h1-6,9,17,20H,7-8,10-11H2,(H,21,22). The lowest BCUT2D eigenvalue weighted by Crippen LogP contribution is -2.32. The first-order valence-corrected chi connectivity index (χ1v) is 9.68. The Morgan fingerprint density at radius 2 is 2.00 bits per heavy atom. The van der Waals surface area contributed by atoms with Gasteiger partial charge < -0.3 is 14.6 Å². The lowest BCUT2D eigenvalue weighted by molar-refractivity contribution is -0.139. The van der Waals surface area contributed by atoms with Gasteiger partial charge in [0.05, 0.1) is 17.6 Å². The average molecular weight is 395 g/mol. The first-order valence-electron chi connectivity index (χ1n) is 8.19. The highest BCUT2D eigenvalue weighted by Gasteiger charge is 2.24. The fraction of sp³-hybridized carbons (Fsp3) is 0.278. The van der Waals surface area contributed by atoms with Gasteiger partial charge >= 0.3 is 5.97 Å². The topological polar surface area (TPSA) is 102 Å². The SMILES string of the molecule is O=C(O)COc1ccc2c(c1)CCOC2CNS(=O)(=O)c1ccc(F)cc1. The molecule has 27 heavy (non-hydrogen) atoms. The van der Waals surface area contributed by atoms with Crippen molar-refractivity contribution in [2.24, 2.45) is 0 Å². The van der Waals surface area contributed by atoms with Crippen molar-refractivity contribution in [1.82, 2.24) is 4.72 Å². The highest BCUT2D eigenvalue weighted by Crippen LogP contribution is 2.30. The van der Waals surface area contributed by atoms with Gasteiger partial charge in [-0.1, -0.05) is 6.07 Å². The van der Waals surface area contributed by atoms with Gasteiger partial charge in [0.2, 0.25) is 10.0 Å². The number of fused-ring (bicyclic) bond motifs is 1. The molecule has 1 unspecified atom stereocenters. The lowest BCUT2D eigenvalue weighted by Gasteiger charge is -2.26. The molecular formula is C18H18FNO6S. The van der Waals surface area contributed by atoms with Crippen LogP contribution >= 0.6 is 0 Å². The lowest BCUT2D eigenvalue weighted by atomic mass is 9.97. The molecule has 144 valence electrons. The molecule has 0 aromatic heterocycles. The molecule has 2 N–H and O–H groups in total. The predicted molar refractivity (Wildman–Crippen MR) is 93.6 cm³/mol. The second-order valence-corrected chi connectivity index (χ2v) is 7.73. The molecule has 0 saturated heterocycles. The molecule has 1 aliphatic rings. The molecule has 0 fully saturated rings. The zero-order valence-electron chi connectivity index (χ0n) is 14.2. The summed E-state index contributed by atoms with van der Waals surface area (Å²) in [5.41, 5.74) is 1.72. The number of ether oxygens (including phenoxy) is 2. The summed E-state index contributed by atoms with van der Waals surface area (Å²) >= 11 is 0. The molecule has 2 aromatic carbocycles. The van der Waals surface area contributed by atoms with E-state index in [0.29, 0.717) is 18.8 Å². The highest BCUT2D eigenvalue weighted by atomic mass is 32.2. The van der Waals surface area contributed by atoms with E-state index >= 15 is 0 Å². The summed E-state index contributed by atoms with van der Waals surface area (Å²) in [4.78, 5) is 10.6. The summed E-state index contributed by atoms with van der Waals surface area (Å²) in [6, 6.07) is 9.65. The van der Waals surface area contributed by atoms with E-state index in [1.807, 2.05) is 0 Å². The predicted octanol–water partition coefficient (Wildman–Crippen LogP) is 1.88. The van der Waals surface area contributed by atoms with Gasteiger partial charge in [0.1, 0.15) is 11.6 Å². The Morgan fingerprint density at radius 3 is 2.70 bits per heavy atom. The van der Waals surface area contributed by atoms with Gasteiger partial charge in [0.25, 0.3) is 0 Å². The maximum absolute atomic E-state index is 13.0. The van der Waals surface area contributed by atoms with Gasteiger partial charge in [-0.05, 0) is 53.9 Å². The molecule has 0 aliphatic carbocycles. The van der Waals surface area contributed by atoms with E-state index in [4.69, 9.17) is 14.6 Å². The smallest absolute Gasteiger partial charge is 0.341 e. The number of aliphatic carboxylic acids is 1. The van der Waals surface area contributed by atoms with Crippen molar-refractivity contribution in [3.63, 3.8) is 0 Å². The van der Waals surface area contributed by atoms with Crippen molar-refractivity contribution in [1.29, 1.82) is 0 Å². The van der Waals surface area contributed by atoms with E-state index in [0.717, 1.165) is 23.3 Å². The fourth-order valence-corrected chi connectivity index (χ4v) is 3.83. The number of hydrogen-bond donors (Lipinski definition) is 2. The molecule has 3 rings (SSSR count). The minimum atomic E-state index is -3.79. The van der Waals surface area contributed by atoms with Gasteiger partial charge in [0, 0.05) is 6.54 Å². The Balaban J connectivity index is 1.70. The van der Waals surface area contributed by atoms with Crippen LogP contribution in [0, 0.1) is 5.82 Å². The molecule has 0 spiro atoms. The molecule has 1 atom stereocenters. The van der Waals surface area contributed by atoms with Crippen LogP contribution in [-0.4, -0.2) is 39.3 Å². The van der Waals surface area contributed by atoms with E-state index in [9.17, 15) is 17.6 Å². The van der Waals surface area contributed by atoms with Crippen LogP contribution in [-0.2, 0) is 26.0 Å². The van der Waals surface area contributed by atoms with E-state index in [2.05, 4.69) is 4.72 Å². The van der Waals surface area contributed by atoms with E-state index in [-0.39, 0.29) is 11.4 Å². The van der Waals surface area contributed by atoms with Crippen LogP contribution in [0.2, 0.25) is 0 Å². The Kier molecular flexibility index (Phi) is 5.73. The van der Waals surface area contributed by atoms with Crippen LogP contribution in [0.4, 0.5) is 4.39 Å². The van der Waals surface area contributed by atoms with Crippen LogP contribution in [0.1, 0.15) is 17.2 Å². The second-order valence-electron chi connectivity index (χ2n) is 5.96. The number of carbonyl (C=O) groups is 1. The largest absolute Gasteiger partial charge is 0.482 e. The Morgan fingerprint density at radius 1 is 1.26 bits per heavy atom. The van der Waals surface area contributed by atoms with Gasteiger partial charge in [-0.25, -0.2) is 22.3 Å². The van der Waals surface area contributed by atoms with Crippen LogP contribution in [0.3, 0.4) is 0 Å². The van der Waals surface area contributed by atoms with Gasteiger partial charge in [0.15, 0.2) is 6.61 Å². The summed E-state index contributed by atoms with van der Waals surface area (Å²) < 4.78 is 51.0. The minimum absolute atomic E-state index is 0.0159. The van der Waals surface area contributed by atoms with Gasteiger partial charge in [-0.2, -0.15) is 0 Å². The molecule has 0 radical (unpaired) electrons. The first-order chi connectivity index (χ1) is 12.8. The molecule has 2 aromatic rings. The summed E-state index contributed by atoms with van der Waals surface area (Å²) in [7, 11) is -3.79. The maximum Gasteiger partial charge on any atom is 0.341 e. The zero-order valence-corrected chi connectivity index (χ0v) is 15.0. The monoisotopic (exact) mass is 395 g/mol. The van der Waals surface area contributed by atoms with Crippen LogP contribution in [0.5, 0.6) is 5.75 Å². The Hall–Kier alpha value is -2.49. The zero-order chi connectivity index (χ0) is 19.4. The summed E-state index contributed by atoms with van der Waals surface area (Å²) in [5, 5.41) is 8.68. The van der Waals surface area contributed by atoms with Crippen molar-refractivity contribution in [2.75, 3.05) is 19.8 Å². The third kappa shape index (κ3) is 4.82. The number of benzene rings is 2. The molecule has 7 nitrogen and oxygen atoms in total. The Labute approximate surface area is 155 Å². The van der Waals surface area contributed by atoms with Crippen molar-refractivity contribution in [3.8, 4) is 5.75 Å². The van der Waals surface area contributed by atoms with Crippen molar-refractivity contribution < 1.29 is 32.2 Å². The molecule has 1 heterocycles. The molecular weight excluding hydrogens is 377 g/mol. The van der Waals surface area contributed by atoms with E-state index < -0.39 is 34.5 Å². The quantitative estimate of drug-likeness (QED) is 0.742. The van der Waals surface area contributed by atoms with Crippen molar-refractivity contribution >= 4 is 16.0 Å². The van der Waals surface area contributed by atoms with Gasteiger partial charge in [-0.15, -0.1) is 0 Å². The first kappa shape index (κ1) is 19.3. The number of sulfonamides is 1. The number of nitrogens with one attached hydrogen (secondary N) is 1. The highest BCUT2D eigenvalue weighted by molar-refractivity contribution is 7.89. The van der Waals surface area contributed by atoms with E-state index in [1.165, 1.54) is 12.1 Å². The molecule has 1 aliphatic heterocycles. The van der Waals surface area contributed by atoms with Gasteiger partial charge in [-0.3, -0.25) is 0 Å². The third-order valence-electron chi connectivity index (χ3n) is 4.10. The van der Waals surface area contributed by atoms with Crippen LogP contribution in [0.25, 0.3) is 0 Å². The van der Waals surface area contributed by atoms with Crippen LogP contribution < -0.4 is 9.46 Å². The third-order valence-corrected chi connectivity index (χ3v) is 5.54. The molecule has 0 amide bonds. The molecule has 0 bridgehead atoms. The van der Waals surface area contributed by atoms with Crippen LogP contribution in [0.15, 0.2) is 47.4 Å². The maximum atomic E-state index is 13.0. The minimum Gasteiger partial charge on any atom is -0.482 e. The summed E-state index contributed by atoms with van der Waals surface area (Å²) in [6.07, 6.45) is 0.123. The summed E-state index contributed by atoms with van der Waals surface area (Å²) in [6.45, 7) is -0.0173. The second kappa shape index (κ2) is 8.03. The van der Waals surface area contributed by atoms with E-state index in [1.54, 1.807) is 18.2 Å². The fourth-order valence-electron chi connectivity index (χ4n) is 2.80. The normalized spacial score (nSPS) is 16.6. The van der Waals surface area contributed by atoms with Crippen molar-refractivity contribution in [3.05, 3.63) is 59.4 Å². The molecule has 9 heteroatoms. The number of rotatable bonds is 7.